The fourth-order valence-corrected chi connectivity index (χ4v) is 1.76. The molecule has 0 radical (unpaired) electrons. The number of carboxylic acid groups (broad SMARTS) is 1. The predicted octanol–water partition coefficient (Wildman–Crippen LogP) is 2.02. The molecule has 4 N–H and O–H groups in total. The number of carboxylic acids is 1. The Bertz CT molecular complexity index is 325. The zero-order valence-corrected chi connectivity index (χ0v) is 12.7. The van der Waals surface area contributed by atoms with Gasteiger partial charge < -0.3 is 20.4 Å². The number of allylic oxidation sites excluding steroid dienone is 1. The van der Waals surface area contributed by atoms with Crippen LogP contribution in [0.2, 0.25) is 0 Å². The van der Waals surface area contributed by atoms with Crippen LogP contribution in [0.15, 0.2) is 24.3 Å². The molecule has 122 valence electrons. The molecule has 0 heterocycles. The van der Waals surface area contributed by atoms with E-state index in [9.17, 15) is 20.1 Å². The molecule has 3 atom stereocenters. The van der Waals surface area contributed by atoms with Crippen LogP contribution in [0.1, 0.15) is 51.9 Å². The van der Waals surface area contributed by atoms with Gasteiger partial charge in [0, 0.05) is 6.42 Å². The van der Waals surface area contributed by atoms with Gasteiger partial charge in [-0.15, -0.1) is 0 Å². The van der Waals surface area contributed by atoms with Crippen LogP contribution in [-0.2, 0) is 4.79 Å². The third kappa shape index (κ3) is 12.3. The Morgan fingerprint density at radius 2 is 1.81 bits per heavy atom. The highest BCUT2D eigenvalue weighted by molar-refractivity contribution is 5.66. The monoisotopic (exact) mass is 300 g/mol. The first-order valence-corrected chi connectivity index (χ1v) is 7.56. The van der Waals surface area contributed by atoms with Gasteiger partial charge in [-0.3, -0.25) is 4.79 Å². The van der Waals surface area contributed by atoms with Crippen LogP contribution in [0.4, 0.5) is 0 Å². The smallest absolute Gasteiger partial charge is 0.303 e. The molecule has 0 amide bonds. The number of hydrogen-bond donors (Lipinski definition) is 4. The van der Waals surface area contributed by atoms with Gasteiger partial charge in [-0.05, 0) is 32.1 Å². The first-order valence-electron chi connectivity index (χ1n) is 7.56. The van der Waals surface area contributed by atoms with Crippen LogP contribution in [0.3, 0.4) is 0 Å². The first kappa shape index (κ1) is 19.8. The minimum atomic E-state index is -1.01. The molecule has 0 aromatic heterocycles. The van der Waals surface area contributed by atoms with E-state index in [4.69, 9.17) is 5.11 Å². The molecule has 0 fully saturated rings. The maximum Gasteiger partial charge on any atom is 0.303 e. The zero-order valence-electron chi connectivity index (χ0n) is 12.7. The van der Waals surface area contributed by atoms with Crippen molar-refractivity contribution in [3.8, 4) is 0 Å². The average molecular weight is 300 g/mol. The van der Waals surface area contributed by atoms with Crippen LogP contribution in [0.25, 0.3) is 0 Å². The fraction of sp³-hybridized carbons (Fsp3) is 0.688. The molecule has 0 aromatic carbocycles. The topological polar surface area (TPSA) is 98.0 Å². The van der Waals surface area contributed by atoms with E-state index in [1.54, 1.807) is 0 Å². The molecule has 0 unspecified atom stereocenters. The number of rotatable bonds is 12. The molecule has 21 heavy (non-hydrogen) atoms. The standard InChI is InChI=1S/C16H28O5/c1-2-3-4-5-9-14(18)15(19)12-11-13(17)8-6-7-10-16(20)21/h4-5,11-15,17-19H,2-3,6-10H2,1H3,(H,20,21)/t13-,14-,15+/m1/s1. The molecule has 0 aliphatic heterocycles. The SMILES string of the molecule is CCCC=CC[C@@H](O)[C@@H](O)C=C[C@H](O)CCCCC(=O)O. The second kappa shape index (κ2) is 12.6. The average Bonchev–Trinajstić information content (AvgIpc) is 2.45. The van der Waals surface area contributed by atoms with Gasteiger partial charge >= 0.3 is 5.97 Å². The predicted molar refractivity (Wildman–Crippen MR) is 81.9 cm³/mol. The summed E-state index contributed by atoms with van der Waals surface area (Å²) >= 11 is 0. The van der Waals surface area contributed by atoms with Crippen molar-refractivity contribution in [2.75, 3.05) is 0 Å². The van der Waals surface area contributed by atoms with Crippen molar-refractivity contribution in [3.05, 3.63) is 24.3 Å². The summed E-state index contributed by atoms with van der Waals surface area (Å²) < 4.78 is 0. The van der Waals surface area contributed by atoms with Crippen LogP contribution in [0, 0.1) is 0 Å². The number of carbonyl (C=O) groups is 1. The lowest BCUT2D eigenvalue weighted by Crippen LogP contribution is -2.23. The van der Waals surface area contributed by atoms with Crippen molar-refractivity contribution in [1.82, 2.24) is 0 Å². The highest BCUT2D eigenvalue weighted by atomic mass is 16.4. The molecule has 5 nitrogen and oxygen atoms in total. The van der Waals surface area contributed by atoms with Gasteiger partial charge in [0.2, 0.25) is 0 Å². The Morgan fingerprint density at radius 1 is 1.10 bits per heavy atom. The lowest BCUT2D eigenvalue weighted by atomic mass is 10.1. The van der Waals surface area contributed by atoms with E-state index < -0.39 is 24.3 Å². The molecule has 0 spiro atoms. The highest BCUT2D eigenvalue weighted by Gasteiger charge is 2.11. The fourth-order valence-electron chi connectivity index (χ4n) is 1.76. The van der Waals surface area contributed by atoms with Crippen molar-refractivity contribution in [3.63, 3.8) is 0 Å². The van der Waals surface area contributed by atoms with E-state index >= 15 is 0 Å². The number of aliphatic carboxylic acids is 1. The molecule has 0 bridgehead atoms. The van der Waals surface area contributed by atoms with Gasteiger partial charge in [0.15, 0.2) is 0 Å². The van der Waals surface area contributed by atoms with Gasteiger partial charge in [0.05, 0.1) is 18.3 Å². The lowest BCUT2D eigenvalue weighted by molar-refractivity contribution is -0.137. The third-order valence-corrected chi connectivity index (χ3v) is 3.06. The Hall–Kier alpha value is -1.17. The molecule has 0 aromatic rings. The second-order valence-electron chi connectivity index (χ2n) is 5.15. The number of hydrogen-bond acceptors (Lipinski definition) is 4. The van der Waals surface area contributed by atoms with E-state index in [1.165, 1.54) is 12.2 Å². The van der Waals surface area contributed by atoms with E-state index in [-0.39, 0.29) is 6.42 Å². The van der Waals surface area contributed by atoms with Crippen molar-refractivity contribution >= 4 is 5.97 Å². The Morgan fingerprint density at radius 3 is 2.43 bits per heavy atom. The van der Waals surface area contributed by atoms with Crippen molar-refractivity contribution in [1.29, 1.82) is 0 Å². The third-order valence-electron chi connectivity index (χ3n) is 3.06. The maximum atomic E-state index is 10.3. The first-order chi connectivity index (χ1) is 9.97. The van der Waals surface area contributed by atoms with Gasteiger partial charge in [0.1, 0.15) is 0 Å². The molecule has 0 saturated heterocycles. The van der Waals surface area contributed by atoms with Crippen LogP contribution >= 0.6 is 0 Å². The van der Waals surface area contributed by atoms with E-state index in [0.717, 1.165) is 12.8 Å². The molecule has 5 heteroatoms. The molecule has 0 saturated carbocycles. The van der Waals surface area contributed by atoms with Crippen LogP contribution in [0.5, 0.6) is 0 Å². The second-order valence-corrected chi connectivity index (χ2v) is 5.15. The van der Waals surface area contributed by atoms with E-state index in [1.807, 2.05) is 12.2 Å². The minimum absolute atomic E-state index is 0.0991. The van der Waals surface area contributed by atoms with E-state index in [2.05, 4.69) is 6.92 Å². The Kier molecular flexibility index (Phi) is 11.9. The normalized spacial score (nSPS) is 16.4. The van der Waals surface area contributed by atoms with Crippen molar-refractivity contribution in [2.45, 2.75) is 70.2 Å². The lowest BCUT2D eigenvalue weighted by Gasteiger charge is -2.13. The summed E-state index contributed by atoms with van der Waals surface area (Å²) in [5, 5.41) is 37.5. The molecule has 0 aliphatic carbocycles. The van der Waals surface area contributed by atoms with Crippen molar-refractivity contribution < 1.29 is 25.2 Å². The van der Waals surface area contributed by atoms with Crippen LogP contribution < -0.4 is 0 Å². The maximum absolute atomic E-state index is 10.3. The Labute approximate surface area is 126 Å². The molecular formula is C16H28O5. The molecule has 0 aliphatic rings. The Balaban J connectivity index is 3.89. The van der Waals surface area contributed by atoms with E-state index in [0.29, 0.717) is 25.7 Å². The summed E-state index contributed by atoms with van der Waals surface area (Å²) in [7, 11) is 0. The van der Waals surface area contributed by atoms with Gasteiger partial charge in [-0.1, -0.05) is 37.6 Å². The van der Waals surface area contributed by atoms with Crippen molar-refractivity contribution in [2.24, 2.45) is 0 Å². The van der Waals surface area contributed by atoms with Gasteiger partial charge in [0.25, 0.3) is 0 Å². The van der Waals surface area contributed by atoms with Crippen LogP contribution in [-0.4, -0.2) is 44.7 Å². The summed E-state index contributed by atoms with van der Waals surface area (Å²) in [5.74, 6) is -0.838. The number of unbranched alkanes of at least 4 members (excludes halogenated alkanes) is 2. The molecular weight excluding hydrogens is 272 g/mol. The summed E-state index contributed by atoms with van der Waals surface area (Å²) in [5.41, 5.74) is 0. The summed E-state index contributed by atoms with van der Waals surface area (Å²) in [6.45, 7) is 2.07. The van der Waals surface area contributed by atoms with Gasteiger partial charge in [-0.2, -0.15) is 0 Å². The number of aliphatic hydroxyl groups excluding tert-OH is 3. The zero-order chi connectivity index (χ0) is 16.1. The molecule has 0 rings (SSSR count). The highest BCUT2D eigenvalue weighted by Crippen LogP contribution is 2.07. The number of aliphatic hydroxyl groups is 3. The minimum Gasteiger partial charge on any atom is -0.481 e. The summed E-state index contributed by atoms with van der Waals surface area (Å²) in [6, 6.07) is 0. The largest absolute Gasteiger partial charge is 0.481 e. The quantitative estimate of drug-likeness (QED) is 0.326. The van der Waals surface area contributed by atoms with Gasteiger partial charge in [-0.25, -0.2) is 0 Å². The summed E-state index contributed by atoms with van der Waals surface area (Å²) in [6.07, 6.45) is 8.08. The summed E-state index contributed by atoms with van der Waals surface area (Å²) in [4.78, 5) is 10.3.